The van der Waals surface area contributed by atoms with Gasteiger partial charge in [-0.15, -0.1) is 0 Å². The molecule has 2 aromatic heterocycles. The van der Waals surface area contributed by atoms with Gasteiger partial charge in [-0.05, 0) is 19.9 Å². The van der Waals surface area contributed by atoms with E-state index in [0.29, 0.717) is 23.0 Å². The highest BCUT2D eigenvalue weighted by Gasteiger charge is 2.19. The van der Waals surface area contributed by atoms with Gasteiger partial charge in [-0.1, -0.05) is 53.2 Å². The monoisotopic (exact) mass is 417 g/mol. The van der Waals surface area contributed by atoms with Crippen molar-refractivity contribution < 1.29 is 14.1 Å². The molecule has 0 saturated carbocycles. The van der Waals surface area contributed by atoms with Gasteiger partial charge in [0, 0.05) is 23.6 Å². The van der Waals surface area contributed by atoms with Crippen LogP contribution in [-0.2, 0) is 6.54 Å². The van der Waals surface area contributed by atoms with Crippen LogP contribution in [-0.4, -0.2) is 26.8 Å². The molecule has 31 heavy (non-hydrogen) atoms. The normalized spacial score (nSPS) is 10.8. The summed E-state index contributed by atoms with van der Waals surface area (Å²) in [6, 6.07) is 15.8. The number of hydrazine groups is 1. The van der Waals surface area contributed by atoms with E-state index in [0.717, 1.165) is 11.1 Å². The van der Waals surface area contributed by atoms with Gasteiger partial charge < -0.3 is 4.52 Å². The number of aryl methyl sites for hydroxylation is 2. The summed E-state index contributed by atoms with van der Waals surface area (Å²) in [6.45, 7) is 4.02. The second kappa shape index (κ2) is 8.23. The number of hydrogen-bond donors (Lipinski definition) is 2. The lowest BCUT2D eigenvalue weighted by molar-refractivity contribution is 0.0823. The number of carbonyl (C=O) groups is 2. The minimum absolute atomic E-state index is 0.0234. The first-order valence-corrected chi connectivity index (χ1v) is 9.62. The molecule has 2 amide bonds. The number of carbonyl (C=O) groups excluding carboxylic acids is 2. The fraction of sp³-hybridized carbons (Fsp3) is 0.136. The first kappa shape index (κ1) is 20.0. The van der Waals surface area contributed by atoms with Gasteiger partial charge in [0.05, 0.1) is 5.39 Å². The zero-order valence-electron chi connectivity index (χ0n) is 16.9. The maximum atomic E-state index is 12.7. The number of nitrogens with one attached hydrogen (secondary N) is 2. The predicted molar refractivity (Wildman–Crippen MR) is 113 cm³/mol. The minimum atomic E-state index is -0.674. The van der Waals surface area contributed by atoms with Gasteiger partial charge in [-0.2, -0.15) is 5.10 Å². The van der Waals surface area contributed by atoms with Crippen LogP contribution >= 0.6 is 0 Å². The highest BCUT2D eigenvalue weighted by Crippen LogP contribution is 2.19. The molecule has 4 rings (SSSR count). The molecular weight excluding hydrogens is 398 g/mol. The summed E-state index contributed by atoms with van der Waals surface area (Å²) < 4.78 is 6.29. The summed E-state index contributed by atoms with van der Waals surface area (Å²) in [6.07, 6.45) is 0. The van der Waals surface area contributed by atoms with E-state index in [-0.39, 0.29) is 17.0 Å². The van der Waals surface area contributed by atoms with Crippen LogP contribution in [0.4, 0.5) is 0 Å². The van der Waals surface area contributed by atoms with Gasteiger partial charge in [0.2, 0.25) is 5.76 Å². The third-order valence-electron chi connectivity index (χ3n) is 4.75. The van der Waals surface area contributed by atoms with E-state index >= 15 is 0 Å². The standard InChI is InChI=1S/C22H19N5O4/c1-3-27-22(30)16-7-5-4-6-15(16)19(25-27)21(29)24-23-20(28)18-12-17(26-31-18)14-10-8-13(2)9-11-14/h4-12H,3H2,1-2H3,(H,23,28)(H,24,29). The molecule has 0 radical (unpaired) electrons. The van der Waals surface area contributed by atoms with Crippen LogP contribution in [0.5, 0.6) is 0 Å². The van der Waals surface area contributed by atoms with Gasteiger partial charge in [-0.25, -0.2) is 4.68 Å². The van der Waals surface area contributed by atoms with E-state index < -0.39 is 11.8 Å². The van der Waals surface area contributed by atoms with E-state index in [9.17, 15) is 14.4 Å². The smallest absolute Gasteiger partial charge is 0.308 e. The van der Waals surface area contributed by atoms with Crippen LogP contribution in [0, 0.1) is 6.92 Å². The number of nitrogens with zero attached hydrogens (tertiary/aromatic N) is 3. The molecule has 2 aromatic carbocycles. The molecule has 0 bridgehead atoms. The van der Waals surface area contributed by atoms with Crippen LogP contribution in [0.1, 0.15) is 33.5 Å². The average molecular weight is 417 g/mol. The molecule has 0 saturated heterocycles. The summed E-state index contributed by atoms with van der Waals surface area (Å²) in [4.78, 5) is 37.5. The highest BCUT2D eigenvalue weighted by molar-refractivity contribution is 6.05. The number of hydrogen-bond acceptors (Lipinski definition) is 6. The molecule has 0 unspecified atom stereocenters. The van der Waals surface area contributed by atoms with Crippen molar-refractivity contribution in [2.24, 2.45) is 0 Å². The van der Waals surface area contributed by atoms with E-state index in [4.69, 9.17) is 4.52 Å². The van der Waals surface area contributed by atoms with Crippen molar-refractivity contribution in [3.63, 3.8) is 0 Å². The summed E-state index contributed by atoms with van der Waals surface area (Å²) in [5, 5.41) is 8.79. The van der Waals surface area contributed by atoms with Gasteiger partial charge in [0.15, 0.2) is 5.69 Å². The van der Waals surface area contributed by atoms with Crippen molar-refractivity contribution in [3.8, 4) is 11.3 Å². The third kappa shape index (κ3) is 3.93. The molecule has 4 aromatic rings. The Morgan fingerprint density at radius 2 is 1.68 bits per heavy atom. The Bertz CT molecular complexity index is 1340. The van der Waals surface area contributed by atoms with Crippen LogP contribution in [0.15, 0.2) is 63.9 Å². The van der Waals surface area contributed by atoms with Gasteiger partial charge in [-0.3, -0.25) is 25.2 Å². The quantitative estimate of drug-likeness (QED) is 0.492. The molecule has 9 heteroatoms. The van der Waals surface area contributed by atoms with Crippen LogP contribution in [0.2, 0.25) is 0 Å². The minimum Gasteiger partial charge on any atom is -0.350 e. The lowest BCUT2D eigenvalue weighted by atomic mass is 10.1. The summed E-state index contributed by atoms with van der Waals surface area (Å²) in [5.74, 6) is -1.40. The fourth-order valence-corrected chi connectivity index (χ4v) is 3.09. The number of aromatic nitrogens is 3. The lowest BCUT2D eigenvalue weighted by Gasteiger charge is -2.10. The Hall–Kier alpha value is -4.27. The first-order valence-electron chi connectivity index (χ1n) is 9.62. The van der Waals surface area contributed by atoms with E-state index in [1.165, 1.54) is 10.7 Å². The fourth-order valence-electron chi connectivity index (χ4n) is 3.09. The Kier molecular flexibility index (Phi) is 5.31. The molecule has 2 N–H and O–H groups in total. The Morgan fingerprint density at radius 3 is 2.39 bits per heavy atom. The van der Waals surface area contributed by atoms with Crippen molar-refractivity contribution in [2.75, 3.05) is 0 Å². The van der Waals surface area contributed by atoms with Crippen LogP contribution in [0.25, 0.3) is 22.0 Å². The molecule has 9 nitrogen and oxygen atoms in total. The summed E-state index contributed by atoms with van der Waals surface area (Å²) in [7, 11) is 0. The van der Waals surface area contributed by atoms with Crippen molar-refractivity contribution in [2.45, 2.75) is 20.4 Å². The highest BCUT2D eigenvalue weighted by atomic mass is 16.5. The third-order valence-corrected chi connectivity index (χ3v) is 4.75. The zero-order chi connectivity index (χ0) is 22.0. The second-order valence-corrected chi connectivity index (χ2v) is 6.87. The number of benzene rings is 2. The topological polar surface area (TPSA) is 119 Å². The van der Waals surface area contributed by atoms with E-state index in [1.54, 1.807) is 31.2 Å². The SMILES string of the molecule is CCn1nc(C(=O)NNC(=O)c2cc(-c3ccc(C)cc3)no2)c2ccccc2c1=O. The number of fused-ring (bicyclic) bond motifs is 1. The maximum absolute atomic E-state index is 12.7. The molecule has 0 fully saturated rings. The van der Waals surface area contributed by atoms with Crippen LogP contribution < -0.4 is 16.4 Å². The Morgan fingerprint density at radius 1 is 1.00 bits per heavy atom. The second-order valence-electron chi connectivity index (χ2n) is 6.87. The van der Waals surface area contributed by atoms with E-state index in [2.05, 4.69) is 21.1 Å². The summed E-state index contributed by atoms with van der Waals surface area (Å²) >= 11 is 0. The lowest BCUT2D eigenvalue weighted by Crippen LogP contribution is -2.42. The molecule has 0 aliphatic carbocycles. The number of rotatable bonds is 4. The van der Waals surface area contributed by atoms with Crippen molar-refractivity contribution >= 4 is 22.6 Å². The molecule has 156 valence electrons. The van der Waals surface area contributed by atoms with Gasteiger partial charge in [0.1, 0.15) is 5.69 Å². The average Bonchev–Trinajstić information content (AvgIpc) is 3.28. The first-order chi connectivity index (χ1) is 15.0. The molecule has 0 aliphatic rings. The van der Waals surface area contributed by atoms with Crippen molar-refractivity contribution in [1.82, 2.24) is 25.8 Å². The van der Waals surface area contributed by atoms with Crippen LogP contribution in [0.3, 0.4) is 0 Å². The molecule has 0 aliphatic heterocycles. The van der Waals surface area contributed by atoms with Gasteiger partial charge in [0.25, 0.3) is 11.5 Å². The Labute approximate surface area is 176 Å². The van der Waals surface area contributed by atoms with E-state index in [1.807, 2.05) is 31.2 Å². The number of amides is 2. The molecular formula is C22H19N5O4. The largest absolute Gasteiger partial charge is 0.350 e. The predicted octanol–water partition coefficient (Wildman–Crippen LogP) is 2.45. The zero-order valence-corrected chi connectivity index (χ0v) is 16.9. The van der Waals surface area contributed by atoms with Crippen molar-refractivity contribution in [3.05, 3.63) is 82.0 Å². The molecule has 2 heterocycles. The van der Waals surface area contributed by atoms with Gasteiger partial charge >= 0.3 is 5.91 Å². The summed E-state index contributed by atoms with van der Waals surface area (Å²) in [5.41, 5.74) is 6.74. The maximum Gasteiger partial charge on any atom is 0.308 e. The molecule has 0 atom stereocenters. The Balaban J connectivity index is 1.52. The van der Waals surface area contributed by atoms with Crippen molar-refractivity contribution in [1.29, 1.82) is 0 Å². The molecule has 0 spiro atoms.